The molecule has 0 aliphatic heterocycles. The maximum atomic E-state index is 14.2. The van der Waals surface area contributed by atoms with Crippen LogP contribution in [0.2, 0.25) is 0 Å². The van der Waals surface area contributed by atoms with Crippen molar-refractivity contribution in [3.8, 4) is 5.95 Å². The Bertz CT molecular complexity index is 1300. The van der Waals surface area contributed by atoms with Crippen molar-refractivity contribution in [1.82, 2.24) is 30.0 Å². The molecule has 3 heterocycles. The van der Waals surface area contributed by atoms with E-state index in [9.17, 15) is 13.6 Å². The van der Waals surface area contributed by atoms with Gasteiger partial charge in [-0.2, -0.15) is 19.7 Å². The van der Waals surface area contributed by atoms with Gasteiger partial charge in [0.15, 0.2) is 0 Å². The van der Waals surface area contributed by atoms with Crippen LogP contribution in [-0.4, -0.2) is 42.5 Å². The van der Waals surface area contributed by atoms with Crippen LogP contribution in [-0.2, 0) is 12.8 Å². The van der Waals surface area contributed by atoms with Crippen LogP contribution in [0, 0.1) is 11.6 Å². The number of fused-ring (bicyclic) bond motifs is 1. The summed E-state index contributed by atoms with van der Waals surface area (Å²) in [7, 11) is 0. The van der Waals surface area contributed by atoms with Crippen LogP contribution in [0.15, 0.2) is 36.5 Å². The molecule has 0 unspecified atom stereocenters. The molecule has 0 aliphatic carbocycles. The van der Waals surface area contributed by atoms with Gasteiger partial charge in [0.05, 0.1) is 17.4 Å². The van der Waals surface area contributed by atoms with E-state index >= 15 is 0 Å². The Hall–Kier alpha value is -4.35. The summed E-state index contributed by atoms with van der Waals surface area (Å²) in [6.07, 6.45) is 0.151. The molecule has 0 aliphatic rings. The second kappa shape index (κ2) is 8.41. The zero-order valence-electron chi connectivity index (χ0n) is 16.6. The first-order valence-corrected chi connectivity index (χ1v) is 9.49. The number of nitrogens with zero attached hydrogens (tertiary/aromatic N) is 5. The first-order valence-electron chi connectivity index (χ1n) is 9.49. The first kappa shape index (κ1) is 20.9. The maximum Gasteiger partial charge on any atom is 0.404 e. The largest absolute Gasteiger partial charge is 0.465 e. The number of aromatic nitrogens is 5. The minimum atomic E-state index is -1.18. The van der Waals surface area contributed by atoms with Crippen molar-refractivity contribution in [2.45, 2.75) is 12.8 Å². The molecule has 0 saturated carbocycles. The Morgan fingerprint density at radius 3 is 2.56 bits per heavy atom. The summed E-state index contributed by atoms with van der Waals surface area (Å²) < 4.78 is 29.4. The lowest BCUT2D eigenvalue weighted by molar-refractivity contribution is 0.194. The molecule has 12 heteroatoms. The highest BCUT2D eigenvalue weighted by Crippen LogP contribution is 2.25. The van der Waals surface area contributed by atoms with Crippen molar-refractivity contribution in [2.75, 3.05) is 18.0 Å². The molecule has 0 spiro atoms. The highest BCUT2D eigenvalue weighted by atomic mass is 19.1. The fourth-order valence-electron chi connectivity index (χ4n) is 3.28. The van der Waals surface area contributed by atoms with Crippen molar-refractivity contribution in [2.24, 2.45) is 0 Å². The van der Waals surface area contributed by atoms with Gasteiger partial charge in [0.2, 0.25) is 0 Å². The summed E-state index contributed by atoms with van der Waals surface area (Å²) in [4.78, 5) is 23.2. The van der Waals surface area contributed by atoms with Crippen LogP contribution >= 0.6 is 0 Å². The van der Waals surface area contributed by atoms with E-state index in [-0.39, 0.29) is 42.5 Å². The van der Waals surface area contributed by atoms with Gasteiger partial charge < -0.3 is 21.9 Å². The first-order chi connectivity index (χ1) is 15.3. The molecule has 1 aromatic carbocycles. The number of nitrogens with two attached hydrogens (primary N) is 2. The standard InChI is InChI=1S/C20H18F2N8O2/c21-11-8-15-16(26-9-11)14(7-10-3-1-2-4-13(10)22)29-30(15)19-27-17(23)12(18(24)28-19)5-6-25-20(31)32/h1-4,8-9,25H,5-7H2,(H,31,32)(H4,23,24,27,28). The molecule has 10 nitrogen and oxygen atoms in total. The van der Waals surface area contributed by atoms with E-state index in [0.29, 0.717) is 22.3 Å². The number of rotatable bonds is 6. The van der Waals surface area contributed by atoms with Gasteiger partial charge in [0.25, 0.3) is 5.95 Å². The number of carbonyl (C=O) groups is 1. The topological polar surface area (TPSA) is 158 Å². The van der Waals surface area contributed by atoms with Crippen LogP contribution in [0.4, 0.5) is 25.2 Å². The second-order valence-electron chi connectivity index (χ2n) is 6.90. The zero-order valence-corrected chi connectivity index (χ0v) is 16.6. The van der Waals surface area contributed by atoms with Gasteiger partial charge in [0.1, 0.15) is 28.8 Å². The van der Waals surface area contributed by atoms with Gasteiger partial charge in [-0.3, -0.25) is 0 Å². The third-order valence-electron chi connectivity index (χ3n) is 4.77. The summed E-state index contributed by atoms with van der Waals surface area (Å²) in [6.45, 7) is 0.0685. The summed E-state index contributed by atoms with van der Waals surface area (Å²) >= 11 is 0. The van der Waals surface area contributed by atoms with E-state index in [4.69, 9.17) is 16.6 Å². The fourth-order valence-corrected chi connectivity index (χ4v) is 3.28. The van der Waals surface area contributed by atoms with E-state index in [0.717, 1.165) is 6.20 Å². The molecule has 0 atom stereocenters. The third kappa shape index (κ3) is 4.10. The minimum absolute atomic E-state index is 0.0212. The van der Waals surface area contributed by atoms with Gasteiger partial charge in [0, 0.05) is 24.6 Å². The number of nitrogens with one attached hydrogen (secondary N) is 1. The van der Waals surface area contributed by atoms with Crippen molar-refractivity contribution in [1.29, 1.82) is 0 Å². The van der Waals surface area contributed by atoms with Crippen molar-refractivity contribution >= 4 is 28.8 Å². The van der Waals surface area contributed by atoms with Crippen LogP contribution in [0.1, 0.15) is 16.8 Å². The predicted molar refractivity (Wildman–Crippen MR) is 112 cm³/mol. The zero-order chi connectivity index (χ0) is 22.8. The molecule has 0 radical (unpaired) electrons. The second-order valence-corrected chi connectivity index (χ2v) is 6.90. The van der Waals surface area contributed by atoms with E-state index in [1.165, 1.54) is 16.8 Å². The molecule has 6 N–H and O–H groups in total. The van der Waals surface area contributed by atoms with Crippen molar-refractivity contribution < 1.29 is 18.7 Å². The van der Waals surface area contributed by atoms with Crippen molar-refractivity contribution in [3.05, 3.63) is 65.0 Å². The number of halogens is 2. The Kier molecular flexibility index (Phi) is 5.50. The molecular formula is C20H18F2N8O2. The number of hydrogen-bond acceptors (Lipinski definition) is 7. The molecule has 1 amide bonds. The molecule has 32 heavy (non-hydrogen) atoms. The quantitative estimate of drug-likeness (QED) is 0.355. The Morgan fingerprint density at radius 1 is 1.16 bits per heavy atom. The maximum absolute atomic E-state index is 14.2. The third-order valence-corrected chi connectivity index (χ3v) is 4.77. The number of amides is 1. The smallest absolute Gasteiger partial charge is 0.404 e. The average molecular weight is 440 g/mol. The molecule has 3 aromatic heterocycles. The number of hydrogen-bond donors (Lipinski definition) is 4. The minimum Gasteiger partial charge on any atom is -0.465 e. The van der Waals surface area contributed by atoms with Gasteiger partial charge >= 0.3 is 6.09 Å². The summed E-state index contributed by atoms with van der Waals surface area (Å²) in [5.74, 6) is -0.964. The lowest BCUT2D eigenvalue weighted by Crippen LogP contribution is -2.24. The highest BCUT2D eigenvalue weighted by molar-refractivity contribution is 5.79. The molecule has 4 aromatic rings. The van der Waals surface area contributed by atoms with Gasteiger partial charge in [-0.15, -0.1) is 0 Å². The predicted octanol–water partition coefficient (Wildman–Crippen LogP) is 2.05. The van der Waals surface area contributed by atoms with E-state index in [1.54, 1.807) is 18.2 Å². The van der Waals surface area contributed by atoms with Crippen LogP contribution < -0.4 is 16.8 Å². The Labute approximate surface area is 179 Å². The number of nitrogen functional groups attached to an aromatic ring is 2. The molecule has 0 saturated heterocycles. The lowest BCUT2D eigenvalue weighted by Gasteiger charge is -2.10. The van der Waals surface area contributed by atoms with Gasteiger partial charge in [-0.25, -0.2) is 18.6 Å². The van der Waals surface area contributed by atoms with Gasteiger partial charge in [-0.1, -0.05) is 18.2 Å². The summed E-state index contributed by atoms with van der Waals surface area (Å²) in [5, 5.41) is 15.3. The number of benzene rings is 1. The van der Waals surface area contributed by atoms with Crippen molar-refractivity contribution in [3.63, 3.8) is 0 Å². The molecule has 0 fully saturated rings. The normalized spacial score (nSPS) is 11.1. The summed E-state index contributed by atoms with van der Waals surface area (Å²) in [6, 6.07) is 7.45. The number of anilines is 2. The Morgan fingerprint density at radius 2 is 1.88 bits per heavy atom. The SMILES string of the molecule is Nc1nc(-n2nc(Cc3ccccc3F)c3ncc(F)cc32)nc(N)c1CCNC(=O)O. The average Bonchev–Trinajstić information content (AvgIpc) is 3.09. The monoisotopic (exact) mass is 440 g/mol. The van der Waals surface area contributed by atoms with E-state index in [1.807, 2.05) is 0 Å². The molecule has 0 bridgehead atoms. The lowest BCUT2D eigenvalue weighted by atomic mass is 10.1. The van der Waals surface area contributed by atoms with Crippen LogP contribution in [0.3, 0.4) is 0 Å². The van der Waals surface area contributed by atoms with Crippen LogP contribution in [0.25, 0.3) is 17.0 Å². The highest BCUT2D eigenvalue weighted by Gasteiger charge is 2.19. The fraction of sp³-hybridized carbons (Fsp3) is 0.150. The van der Waals surface area contributed by atoms with E-state index in [2.05, 4.69) is 25.4 Å². The number of pyridine rings is 1. The van der Waals surface area contributed by atoms with E-state index < -0.39 is 17.7 Å². The molecular weight excluding hydrogens is 422 g/mol. The van der Waals surface area contributed by atoms with Crippen LogP contribution in [0.5, 0.6) is 0 Å². The number of carboxylic acid groups (broad SMARTS) is 1. The van der Waals surface area contributed by atoms with Gasteiger partial charge in [-0.05, 0) is 18.1 Å². The summed E-state index contributed by atoms with van der Waals surface area (Å²) in [5.41, 5.74) is 13.8. The molecule has 164 valence electrons. The molecule has 4 rings (SSSR count). The Balaban J connectivity index is 1.76.